The van der Waals surface area contributed by atoms with E-state index in [0.29, 0.717) is 10.9 Å². The molecular formula is C10H16N2OS2. The van der Waals surface area contributed by atoms with E-state index < -0.39 is 0 Å². The zero-order chi connectivity index (χ0) is 10.8. The quantitative estimate of drug-likeness (QED) is 0.726. The molecule has 2 unspecified atom stereocenters. The number of nitrogens with one attached hydrogen (secondary N) is 1. The molecule has 2 aliphatic rings. The van der Waals surface area contributed by atoms with Gasteiger partial charge in [0.25, 0.3) is 0 Å². The van der Waals surface area contributed by atoms with Gasteiger partial charge in [0, 0.05) is 0 Å². The number of carbonyl (C=O) groups excluding carboxylic acids is 1. The molecule has 84 valence electrons. The first-order chi connectivity index (χ1) is 7.18. The van der Waals surface area contributed by atoms with Gasteiger partial charge in [-0.3, -0.25) is 4.79 Å². The SMILES string of the molecule is NC(=S)C(NC(=O)C1CCCS1)C1CC1. The van der Waals surface area contributed by atoms with Crippen molar-refractivity contribution in [2.45, 2.75) is 37.0 Å². The van der Waals surface area contributed by atoms with Crippen LogP contribution in [0.4, 0.5) is 0 Å². The highest BCUT2D eigenvalue weighted by atomic mass is 32.2. The first kappa shape index (κ1) is 11.2. The Balaban J connectivity index is 1.87. The van der Waals surface area contributed by atoms with Crippen LogP contribution in [-0.4, -0.2) is 27.9 Å². The topological polar surface area (TPSA) is 55.1 Å². The predicted molar refractivity (Wildman–Crippen MR) is 66.9 cm³/mol. The molecule has 0 radical (unpaired) electrons. The third-order valence-corrected chi connectivity index (χ3v) is 4.55. The highest BCUT2D eigenvalue weighted by Gasteiger charge is 2.35. The highest BCUT2D eigenvalue weighted by molar-refractivity contribution is 8.00. The van der Waals surface area contributed by atoms with E-state index in [9.17, 15) is 4.79 Å². The van der Waals surface area contributed by atoms with E-state index in [0.717, 1.165) is 31.4 Å². The summed E-state index contributed by atoms with van der Waals surface area (Å²) < 4.78 is 0. The highest BCUT2D eigenvalue weighted by Crippen LogP contribution is 2.33. The van der Waals surface area contributed by atoms with Crippen LogP contribution in [0.25, 0.3) is 0 Å². The molecular weight excluding hydrogens is 228 g/mol. The number of rotatable bonds is 4. The number of amides is 1. The Morgan fingerprint density at radius 3 is 2.67 bits per heavy atom. The second-order valence-electron chi connectivity index (χ2n) is 4.23. The van der Waals surface area contributed by atoms with E-state index in [1.807, 2.05) is 0 Å². The molecule has 1 amide bonds. The molecule has 0 aromatic carbocycles. The van der Waals surface area contributed by atoms with E-state index in [1.165, 1.54) is 0 Å². The van der Waals surface area contributed by atoms with Crippen LogP contribution in [0.5, 0.6) is 0 Å². The lowest BCUT2D eigenvalue weighted by Crippen LogP contribution is -2.47. The van der Waals surface area contributed by atoms with Gasteiger partial charge in [-0.15, -0.1) is 11.8 Å². The second-order valence-corrected chi connectivity index (χ2v) is 6.01. The largest absolute Gasteiger partial charge is 0.392 e. The van der Waals surface area contributed by atoms with E-state index in [4.69, 9.17) is 18.0 Å². The summed E-state index contributed by atoms with van der Waals surface area (Å²) in [5.74, 6) is 1.72. The summed E-state index contributed by atoms with van der Waals surface area (Å²) in [4.78, 5) is 12.3. The molecule has 3 nitrogen and oxygen atoms in total. The van der Waals surface area contributed by atoms with E-state index >= 15 is 0 Å². The molecule has 5 heteroatoms. The molecule has 15 heavy (non-hydrogen) atoms. The maximum atomic E-state index is 11.8. The van der Waals surface area contributed by atoms with Gasteiger partial charge in [0.2, 0.25) is 5.91 Å². The number of thioether (sulfide) groups is 1. The number of hydrogen-bond acceptors (Lipinski definition) is 3. The van der Waals surface area contributed by atoms with Crippen molar-refractivity contribution in [2.75, 3.05) is 5.75 Å². The van der Waals surface area contributed by atoms with Crippen molar-refractivity contribution < 1.29 is 4.79 Å². The average Bonchev–Trinajstić information content (AvgIpc) is 2.87. The molecule has 3 N–H and O–H groups in total. The lowest BCUT2D eigenvalue weighted by atomic mass is 10.1. The molecule has 1 heterocycles. The Kier molecular flexibility index (Phi) is 3.51. The van der Waals surface area contributed by atoms with E-state index in [1.54, 1.807) is 11.8 Å². The summed E-state index contributed by atoms with van der Waals surface area (Å²) >= 11 is 6.72. The summed E-state index contributed by atoms with van der Waals surface area (Å²) in [5, 5.41) is 3.12. The number of thiocarbonyl (C=S) groups is 1. The summed E-state index contributed by atoms with van der Waals surface area (Å²) in [6.45, 7) is 0. The van der Waals surface area contributed by atoms with Crippen LogP contribution in [0.1, 0.15) is 25.7 Å². The molecule has 2 rings (SSSR count). The van der Waals surface area contributed by atoms with Crippen molar-refractivity contribution in [3.63, 3.8) is 0 Å². The van der Waals surface area contributed by atoms with Crippen LogP contribution in [0.3, 0.4) is 0 Å². The first-order valence-corrected chi connectivity index (χ1v) is 6.85. The minimum absolute atomic E-state index is 0.0614. The minimum atomic E-state index is -0.0614. The van der Waals surface area contributed by atoms with Gasteiger partial charge in [-0.2, -0.15) is 0 Å². The molecule has 2 fully saturated rings. The van der Waals surface area contributed by atoms with Crippen LogP contribution in [0.2, 0.25) is 0 Å². The molecule has 0 aromatic rings. The number of carbonyl (C=O) groups is 1. The van der Waals surface area contributed by atoms with Crippen molar-refractivity contribution in [1.29, 1.82) is 0 Å². The van der Waals surface area contributed by atoms with Gasteiger partial charge in [-0.05, 0) is 37.4 Å². The second kappa shape index (κ2) is 4.70. The van der Waals surface area contributed by atoms with Crippen molar-refractivity contribution in [3.8, 4) is 0 Å². The van der Waals surface area contributed by atoms with Gasteiger partial charge in [-0.25, -0.2) is 0 Å². The lowest BCUT2D eigenvalue weighted by Gasteiger charge is -2.18. The summed E-state index contributed by atoms with van der Waals surface area (Å²) in [7, 11) is 0. The molecule has 0 aromatic heterocycles. The van der Waals surface area contributed by atoms with Gasteiger partial charge in [0.15, 0.2) is 0 Å². The van der Waals surface area contributed by atoms with Gasteiger partial charge < -0.3 is 11.1 Å². The average molecular weight is 244 g/mol. The maximum Gasteiger partial charge on any atom is 0.233 e. The van der Waals surface area contributed by atoms with Crippen LogP contribution in [-0.2, 0) is 4.79 Å². The van der Waals surface area contributed by atoms with Gasteiger partial charge in [-0.1, -0.05) is 12.2 Å². The Hall–Kier alpha value is -0.290. The number of hydrogen-bond donors (Lipinski definition) is 2. The van der Waals surface area contributed by atoms with Crippen LogP contribution < -0.4 is 11.1 Å². The van der Waals surface area contributed by atoms with Gasteiger partial charge >= 0.3 is 0 Å². The fraction of sp³-hybridized carbons (Fsp3) is 0.800. The zero-order valence-corrected chi connectivity index (χ0v) is 10.2. The van der Waals surface area contributed by atoms with Gasteiger partial charge in [0.1, 0.15) is 0 Å². The Bertz CT molecular complexity index is 273. The van der Waals surface area contributed by atoms with E-state index in [2.05, 4.69) is 5.32 Å². The smallest absolute Gasteiger partial charge is 0.233 e. The Morgan fingerprint density at radius 2 is 2.20 bits per heavy atom. The Morgan fingerprint density at radius 1 is 1.47 bits per heavy atom. The van der Waals surface area contributed by atoms with Crippen molar-refractivity contribution in [2.24, 2.45) is 11.7 Å². The molecule has 1 saturated carbocycles. The molecule has 0 spiro atoms. The summed E-state index contributed by atoms with van der Waals surface area (Å²) in [6, 6.07) is -0.0614. The maximum absolute atomic E-state index is 11.8. The van der Waals surface area contributed by atoms with Crippen LogP contribution in [0, 0.1) is 5.92 Å². The fourth-order valence-corrected chi connectivity index (χ4v) is 3.30. The molecule has 1 aliphatic carbocycles. The van der Waals surface area contributed by atoms with Crippen molar-refractivity contribution >= 4 is 34.9 Å². The van der Waals surface area contributed by atoms with Gasteiger partial charge in [0.05, 0.1) is 16.3 Å². The van der Waals surface area contributed by atoms with Crippen LogP contribution >= 0.6 is 24.0 Å². The van der Waals surface area contributed by atoms with E-state index in [-0.39, 0.29) is 17.2 Å². The standard InChI is InChI=1S/C10H16N2OS2/c11-9(14)8(6-3-4-6)12-10(13)7-2-1-5-15-7/h6-8H,1-5H2,(H2,11,14)(H,12,13). The number of nitrogens with two attached hydrogens (primary N) is 1. The normalized spacial score (nSPS) is 27.3. The molecule has 0 bridgehead atoms. The van der Waals surface area contributed by atoms with Crippen molar-refractivity contribution in [1.82, 2.24) is 5.32 Å². The van der Waals surface area contributed by atoms with Crippen molar-refractivity contribution in [3.05, 3.63) is 0 Å². The lowest BCUT2D eigenvalue weighted by molar-refractivity contribution is -0.121. The zero-order valence-electron chi connectivity index (χ0n) is 8.57. The molecule has 1 saturated heterocycles. The Labute approximate surface area is 99.5 Å². The predicted octanol–water partition coefficient (Wildman–Crippen LogP) is 1.06. The molecule has 1 aliphatic heterocycles. The summed E-state index contributed by atoms with van der Waals surface area (Å²) in [6.07, 6.45) is 4.41. The third kappa shape index (κ3) is 2.84. The monoisotopic (exact) mass is 244 g/mol. The summed E-state index contributed by atoms with van der Waals surface area (Å²) in [5.41, 5.74) is 5.63. The fourth-order valence-electron chi connectivity index (χ4n) is 1.88. The first-order valence-electron chi connectivity index (χ1n) is 5.40. The third-order valence-electron chi connectivity index (χ3n) is 2.92. The van der Waals surface area contributed by atoms with Crippen LogP contribution in [0.15, 0.2) is 0 Å². The molecule has 2 atom stereocenters. The minimum Gasteiger partial charge on any atom is -0.392 e.